The second-order valence-corrected chi connectivity index (χ2v) is 16.1. The number of imidazole rings is 2. The first-order valence-electron chi connectivity index (χ1n) is 20.9. The van der Waals surface area contributed by atoms with Crippen LogP contribution in [0.1, 0.15) is 58.1 Å². The molecule has 8 heterocycles. The van der Waals surface area contributed by atoms with E-state index in [2.05, 4.69) is 65.5 Å². The minimum atomic E-state index is -0.418. The van der Waals surface area contributed by atoms with Crippen molar-refractivity contribution in [1.82, 2.24) is 39.0 Å². The fourth-order valence-electron chi connectivity index (χ4n) is 9.26. The molecule has 3 aliphatic heterocycles. The maximum Gasteiger partial charge on any atom is 0.248 e. The van der Waals surface area contributed by atoms with Crippen LogP contribution in [0.3, 0.4) is 0 Å². The number of pyridine rings is 1. The van der Waals surface area contributed by atoms with E-state index in [0.717, 1.165) is 41.8 Å². The van der Waals surface area contributed by atoms with E-state index >= 15 is 8.78 Å². The molecule has 0 bridgehead atoms. The second kappa shape index (κ2) is 15.6. The molecule has 0 saturated carbocycles. The van der Waals surface area contributed by atoms with Crippen LogP contribution in [-0.2, 0) is 25.9 Å². The Morgan fingerprint density at radius 3 is 2.09 bits per heavy atom. The number of nitrogens with zero attached hydrogens (tertiary/aromatic N) is 8. The Kier molecular flexibility index (Phi) is 9.47. The highest BCUT2D eigenvalue weighted by atomic mass is 19.1. The van der Waals surface area contributed by atoms with E-state index in [9.17, 15) is 15.3 Å². The van der Waals surface area contributed by atoms with Gasteiger partial charge < -0.3 is 31.0 Å². The number of aromatic nitrogens is 7. The highest BCUT2D eigenvalue weighted by Gasteiger charge is 2.37. The van der Waals surface area contributed by atoms with Gasteiger partial charge in [-0.05, 0) is 78.4 Å². The third kappa shape index (κ3) is 6.79. The summed E-state index contributed by atoms with van der Waals surface area (Å²) in [4.78, 5) is 33.0. The van der Waals surface area contributed by atoms with Crippen molar-refractivity contribution in [3.63, 3.8) is 0 Å². The lowest BCUT2D eigenvalue weighted by Gasteiger charge is -2.19. The molecule has 11 rings (SSSR count). The lowest BCUT2D eigenvalue weighted by atomic mass is 9.96. The molecule has 0 amide bonds. The van der Waals surface area contributed by atoms with Crippen molar-refractivity contribution in [2.75, 3.05) is 22.5 Å². The molecule has 316 valence electrons. The maximum absolute atomic E-state index is 15.8. The van der Waals surface area contributed by atoms with Crippen LogP contribution in [0.4, 0.5) is 26.4 Å². The van der Waals surface area contributed by atoms with E-state index < -0.39 is 5.82 Å². The molecule has 1 saturated heterocycles. The van der Waals surface area contributed by atoms with Crippen LogP contribution < -0.4 is 31.6 Å². The fourth-order valence-corrected chi connectivity index (χ4v) is 9.26. The van der Waals surface area contributed by atoms with Crippen molar-refractivity contribution in [3.05, 3.63) is 153 Å². The molecule has 3 aliphatic rings. The van der Waals surface area contributed by atoms with Crippen LogP contribution in [0, 0.1) is 34.3 Å². The third-order valence-electron chi connectivity index (χ3n) is 12.4. The minimum Gasteiger partial charge on any atom is -0.488 e. The van der Waals surface area contributed by atoms with Crippen LogP contribution >= 0.6 is 0 Å². The van der Waals surface area contributed by atoms with Crippen LogP contribution in [-0.4, -0.2) is 52.4 Å². The Morgan fingerprint density at radius 1 is 0.797 bits per heavy atom. The van der Waals surface area contributed by atoms with E-state index in [0.29, 0.717) is 75.6 Å². The molecule has 0 spiro atoms. The van der Waals surface area contributed by atoms with E-state index in [4.69, 9.17) is 9.72 Å². The van der Waals surface area contributed by atoms with Crippen molar-refractivity contribution < 1.29 is 13.5 Å². The number of H-pyrrole nitrogens is 1. The summed E-state index contributed by atoms with van der Waals surface area (Å²) in [7, 11) is 0. The SMILES string of the molecule is N#Cc1cn2c(NCc3c(F)ccc4c3CC(C3Cc5c(ccc(F)c5CNc5ncc(-c6cc[nH]c(=O)c6)c6nc(C#N)cn56)O3)N4)ncc(-c3ccc([C@@H]4CCCN4)cc3)c2n1. The summed E-state index contributed by atoms with van der Waals surface area (Å²) in [6.45, 7) is 1.18. The first-order valence-corrected chi connectivity index (χ1v) is 20.9. The summed E-state index contributed by atoms with van der Waals surface area (Å²) < 4.78 is 41.2. The molecular weight excluding hydrogens is 817 g/mol. The number of aromatic amines is 1. The van der Waals surface area contributed by atoms with Crippen LogP contribution in [0.2, 0.25) is 0 Å². The predicted molar refractivity (Wildman–Crippen MR) is 234 cm³/mol. The van der Waals surface area contributed by atoms with E-state index in [1.807, 2.05) is 12.1 Å². The Bertz CT molecular complexity index is 3300. The molecule has 1 fully saturated rings. The van der Waals surface area contributed by atoms with Gasteiger partial charge in [-0.3, -0.25) is 13.6 Å². The number of anilines is 3. The number of ether oxygens (including phenoxy) is 1. The molecule has 0 radical (unpaired) electrons. The highest BCUT2D eigenvalue weighted by molar-refractivity contribution is 5.79. The van der Waals surface area contributed by atoms with Gasteiger partial charge in [0, 0.05) is 83.7 Å². The smallest absolute Gasteiger partial charge is 0.248 e. The van der Waals surface area contributed by atoms with E-state index in [1.165, 1.54) is 36.2 Å². The van der Waals surface area contributed by atoms with Gasteiger partial charge in [-0.25, -0.2) is 28.7 Å². The first-order chi connectivity index (χ1) is 31.3. The Hall–Kier alpha value is -8.15. The van der Waals surface area contributed by atoms with Gasteiger partial charge in [0.1, 0.15) is 35.6 Å². The summed E-state index contributed by atoms with van der Waals surface area (Å²) in [5, 5.41) is 33.0. The molecular formula is C47H37F2N13O2. The fraction of sp³-hybridized carbons (Fsp3) is 0.213. The number of hydrogen-bond donors (Lipinski definition) is 5. The van der Waals surface area contributed by atoms with Crippen molar-refractivity contribution in [2.24, 2.45) is 0 Å². The van der Waals surface area contributed by atoms with Crippen LogP contribution in [0.25, 0.3) is 33.5 Å². The standard InChI is InChI=1S/C47H37F2N13O2/c48-36-7-9-39-30(34(36)21-56-46-54-19-32(44-58-28(17-50)23-61(44)46)25-3-5-26(6-4-25)38-2-1-12-52-38)15-40(60-39)42-16-31-35(37(49)8-10-41(31)64-42)22-57-47-55-20-33(27-11-13-53-43(63)14-27)45-59-29(18-51)24-62(45)47/h3-11,13-14,19-20,23-24,38,40,42,52,60H,1-2,12,15-16,21-22H2,(H,53,63)(H,54,56)(H,55,57)/t38-,40?,42?/m0/s1. The normalized spacial score (nSPS) is 17.4. The largest absolute Gasteiger partial charge is 0.488 e. The van der Waals surface area contributed by atoms with Gasteiger partial charge in [-0.15, -0.1) is 0 Å². The number of rotatable bonds is 10. The maximum atomic E-state index is 15.8. The first kappa shape index (κ1) is 38.7. The predicted octanol–water partition coefficient (Wildman–Crippen LogP) is 6.80. The average molecular weight is 854 g/mol. The number of nitriles is 2. The van der Waals surface area contributed by atoms with Gasteiger partial charge in [0.15, 0.2) is 22.7 Å². The molecule has 3 atom stereocenters. The van der Waals surface area contributed by atoms with Crippen molar-refractivity contribution in [3.8, 4) is 40.1 Å². The molecule has 0 aliphatic carbocycles. The lowest BCUT2D eigenvalue weighted by molar-refractivity contribution is 0.209. The van der Waals surface area contributed by atoms with Gasteiger partial charge in [-0.1, -0.05) is 24.3 Å². The highest BCUT2D eigenvalue weighted by Crippen LogP contribution is 2.40. The summed E-state index contributed by atoms with van der Waals surface area (Å²) in [6.07, 6.45) is 10.7. The number of benzene rings is 3. The van der Waals surface area contributed by atoms with E-state index in [1.54, 1.807) is 45.6 Å². The topological polar surface area (TPSA) is 198 Å². The molecule has 2 unspecified atom stereocenters. The minimum absolute atomic E-state index is 0.0520. The van der Waals surface area contributed by atoms with Gasteiger partial charge in [0.2, 0.25) is 17.5 Å². The zero-order valence-electron chi connectivity index (χ0n) is 34.0. The van der Waals surface area contributed by atoms with E-state index in [-0.39, 0.29) is 48.0 Å². The summed E-state index contributed by atoms with van der Waals surface area (Å²) in [5.74, 6) is 0.506. The van der Waals surface area contributed by atoms with Gasteiger partial charge in [0.05, 0.1) is 18.4 Å². The average Bonchev–Trinajstić information content (AvgIpc) is 4.17. The molecule has 17 heteroatoms. The Balaban J connectivity index is 0.806. The molecule has 5 N–H and O–H groups in total. The van der Waals surface area contributed by atoms with Gasteiger partial charge in [0.25, 0.3) is 0 Å². The monoisotopic (exact) mass is 853 g/mol. The summed E-state index contributed by atoms with van der Waals surface area (Å²) in [6, 6.07) is 21.9. The zero-order chi connectivity index (χ0) is 43.5. The number of hydrogen-bond acceptors (Lipinski definition) is 12. The molecule has 3 aromatic carbocycles. The second-order valence-electron chi connectivity index (χ2n) is 16.1. The third-order valence-corrected chi connectivity index (χ3v) is 12.4. The molecule has 64 heavy (non-hydrogen) atoms. The Labute approximate surface area is 363 Å². The van der Waals surface area contributed by atoms with Crippen molar-refractivity contribution in [1.29, 1.82) is 10.5 Å². The van der Waals surface area contributed by atoms with Crippen molar-refractivity contribution in [2.45, 2.75) is 57.0 Å². The molecule has 8 aromatic rings. The summed E-state index contributed by atoms with van der Waals surface area (Å²) in [5.41, 5.74) is 8.27. The molecule has 15 nitrogen and oxygen atoms in total. The number of fused-ring (bicyclic) bond motifs is 4. The van der Waals surface area contributed by atoms with Gasteiger partial charge in [-0.2, -0.15) is 10.5 Å². The Morgan fingerprint density at radius 2 is 1.45 bits per heavy atom. The van der Waals surface area contributed by atoms with Gasteiger partial charge >= 0.3 is 0 Å². The number of nitrogens with one attached hydrogen (secondary N) is 5. The quantitative estimate of drug-likeness (QED) is 0.0966. The van der Waals surface area contributed by atoms with Crippen LogP contribution in [0.5, 0.6) is 5.75 Å². The zero-order valence-corrected chi connectivity index (χ0v) is 34.0. The van der Waals surface area contributed by atoms with Crippen molar-refractivity contribution >= 4 is 28.9 Å². The molecule has 5 aromatic heterocycles. The lowest BCUT2D eigenvalue weighted by Crippen LogP contribution is -2.35. The number of halogens is 2. The summed E-state index contributed by atoms with van der Waals surface area (Å²) >= 11 is 0. The van der Waals surface area contributed by atoms with Crippen LogP contribution in [0.15, 0.2) is 96.4 Å².